The van der Waals surface area contributed by atoms with Gasteiger partial charge in [0.15, 0.2) is 0 Å². The summed E-state index contributed by atoms with van der Waals surface area (Å²) in [6.07, 6.45) is 2.25. The molecule has 0 bridgehead atoms. The van der Waals surface area contributed by atoms with Gasteiger partial charge in [-0.3, -0.25) is 0 Å². The molecule has 5 heteroatoms. The lowest BCUT2D eigenvalue weighted by molar-refractivity contribution is 0.295. The molecule has 0 saturated carbocycles. The zero-order valence-corrected chi connectivity index (χ0v) is 8.39. The summed E-state index contributed by atoms with van der Waals surface area (Å²) in [5, 5.41) is 3.26. The maximum atomic E-state index is 11.1. The second-order valence-electron chi connectivity index (χ2n) is 3.18. The first kappa shape index (κ1) is 9.95. The molecule has 72 valence electrons. The largest absolute Gasteiger partial charge is 0.311 e. The monoisotopic (exact) mass is 192 g/mol. The van der Waals surface area contributed by atoms with Crippen LogP contribution >= 0.6 is 0 Å². The summed E-state index contributed by atoms with van der Waals surface area (Å²) in [5.41, 5.74) is 0. The van der Waals surface area contributed by atoms with Crippen molar-refractivity contribution in [3.8, 4) is 0 Å². The third kappa shape index (κ3) is 2.43. The highest BCUT2D eigenvalue weighted by atomic mass is 32.2. The van der Waals surface area contributed by atoms with Gasteiger partial charge in [0.25, 0.3) is 0 Å². The fraction of sp³-hybridized carbons (Fsp3) is 1.00. The van der Waals surface area contributed by atoms with Gasteiger partial charge in [-0.25, -0.2) is 8.42 Å². The number of rotatable bonds is 2. The number of piperazine rings is 1. The van der Waals surface area contributed by atoms with Crippen LogP contribution in [-0.4, -0.2) is 44.7 Å². The Morgan fingerprint density at radius 2 is 2.25 bits per heavy atom. The molecule has 0 spiro atoms. The molecular weight excluding hydrogens is 176 g/mol. The van der Waals surface area contributed by atoms with Gasteiger partial charge in [-0.05, 0) is 6.42 Å². The highest BCUT2D eigenvalue weighted by Crippen LogP contribution is 2.05. The van der Waals surface area contributed by atoms with E-state index in [0.29, 0.717) is 19.1 Å². The smallest absolute Gasteiger partial charge is 0.211 e. The maximum Gasteiger partial charge on any atom is 0.211 e. The molecule has 1 heterocycles. The van der Waals surface area contributed by atoms with E-state index in [1.165, 1.54) is 10.6 Å². The van der Waals surface area contributed by atoms with Crippen LogP contribution in [-0.2, 0) is 10.0 Å². The minimum absolute atomic E-state index is 0.327. The lowest BCUT2D eigenvalue weighted by Crippen LogP contribution is -2.51. The molecule has 1 aliphatic heterocycles. The fourth-order valence-electron chi connectivity index (χ4n) is 1.37. The van der Waals surface area contributed by atoms with Crippen molar-refractivity contribution >= 4 is 10.0 Å². The molecular formula is C7H16N2O2S. The van der Waals surface area contributed by atoms with Crippen LogP contribution in [0.5, 0.6) is 0 Å². The molecule has 0 amide bonds. The molecule has 0 aliphatic carbocycles. The van der Waals surface area contributed by atoms with Crippen LogP contribution in [0.2, 0.25) is 0 Å². The van der Waals surface area contributed by atoms with E-state index in [4.69, 9.17) is 0 Å². The number of nitrogens with one attached hydrogen (secondary N) is 1. The summed E-state index contributed by atoms with van der Waals surface area (Å²) in [4.78, 5) is 0. The van der Waals surface area contributed by atoms with Crippen molar-refractivity contribution < 1.29 is 8.42 Å². The van der Waals surface area contributed by atoms with Crippen LogP contribution in [0.1, 0.15) is 13.3 Å². The van der Waals surface area contributed by atoms with Crippen LogP contribution in [0.3, 0.4) is 0 Å². The second kappa shape index (κ2) is 3.72. The van der Waals surface area contributed by atoms with Gasteiger partial charge < -0.3 is 5.32 Å². The number of hydrogen-bond donors (Lipinski definition) is 1. The van der Waals surface area contributed by atoms with Crippen LogP contribution in [0.25, 0.3) is 0 Å². The van der Waals surface area contributed by atoms with E-state index in [9.17, 15) is 8.42 Å². The Hall–Kier alpha value is -0.130. The Morgan fingerprint density at radius 3 is 2.75 bits per heavy atom. The van der Waals surface area contributed by atoms with E-state index in [1.54, 1.807) is 0 Å². The molecule has 0 aromatic heterocycles. The highest BCUT2D eigenvalue weighted by Gasteiger charge is 2.23. The Labute approximate surface area is 74.0 Å². The average Bonchev–Trinajstić information content (AvgIpc) is 2.03. The summed E-state index contributed by atoms with van der Waals surface area (Å²) >= 11 is 0. The minimum Gasteiger partial charge on any atom is -0.311 e. The van der Waals surface area contributed by atoms with Crippen molar-refractivity contribution in [2.24, 2.45) is 0 Å². The zero-order chi connectivity index (χ0) is 9.19. The predicted octanol–water partition coefficient (Wildman–Crippen LogP) is -0.370. The summed E-state index contributed by atoms with van der Waals surface area (Å²) in [5.74, 6) is 0. The first-order chi connectivity index (χ1) is 5.54. The predicted molar refractivity (Wildman–Crippen MR) is 48.5 cm³/mol. The minimum atomic E-state index is -2.98. The molecule has 0 radical (unpaired) electrons. The molecule has 4 nitrogen and oxygen atoms in total. The third-order valence-electron chi connectivity index (χ3n) is 2.18. The van der Waals surface area contributed by atoms with Gasteiger partial charge in [0.2, 0.25) is 10.0 Å². The average molecular weight is 192 g/mol. The topological polar surface area (TPSA) is 49.4 Å². The summed E-state index contributed by atoms with van der Waals surface area (Å²) < 4.78 is 23.8. The first-order valence-electron chi connectivity index (χ1n) is 4.22. The normalized spacial score (nSPS) is 27.3. The molecule has 0 aromatic carbocycles. The van der Waals surface area contributed by atoms with Crippen molar-refractivity contribution in [2.45, 2.75) is 19.4 Å². The Balaban J connectivity index is 2.58. The lowest BCUT2D eigenvalue weighted by atomic mass is 10.2. The van der Waals surface area contributed by atoms with Crippen molar-refractivity contribution in [1.82, 2.24) is 9.62 Å². The van der Waals surface area contributed by atoms with Crippen LogP contribution in [0, 0.1) is 0 Å². The Bertz CT molecular complexity index is 238. The van der Waals surface area contributed by atoms with E-state index >= 15 is 0 Å². The summed E-state index contributed by atoms with van der Waals surface area (Å²) in [7, 11) is -2.98. The Morgan fingerprint density at radius 1 is 1.58 bits per heavy atom. The molecule has 1 N–H and O–H groups in total. The zero-order valence-electron chi connectivity index (χ0n) is 7.58. The second-order valence-corrected chi connectivity index (χ2v) is 5.16. The van der Waals surface area contributed by atoms with Crippen molar-refractivity contribution in [3.05, 3.63) is 0 Å². The van der Waals surface area contributed by atoms with Gasteiger partial charge in [-0.1, -0.05) is 6.92 Å². The lowest BCUT2D eigenvalue weighted by Gasteiger charge is -2.31. The molecule has 1 aliphatic rings. The van der Waals surface area contributed by atoms with Crippen molar-refractivity contribution in [2.75, 3.05) is 25.9 Å². The molecule has 1 rings (SSSR count). The van der Waals surface area contributed by atoms with Gasteiger partial charge in [0.05, 0.1) is 6.26 Å². The van der Waals surface area contributed by atoms with E-state index in [1.807, 2.05) is 0 Å². The van der Waals surface area contributed by atoms with Crippen LogP contribution < -0.4 is 5.32 Å². The van der Waals surface area contributed by atoms with E-state index < -0.39 is 10.0 Å². The number of sulfonamides is 1. The van der Waals surface area contributed by atoms with Crippen LogP contribution in [0.4, 0.5) is 0 Å². The summed E-state index contributed by atoms with van der Waals surface area (Å²) in [6.45, 7) is 4.06. The first-order valence-corrected chi connectivity index (χ1v) is 6.07. The van der Waals surface area contributed by atoms with E-state index in [0.717, 1.165) is 13.0 Å². The van der Waals surface area contributed by atoms with Crippen LogP contribution in [0.15, 0.2) is 0 Å². The van der Waals surface area contributed by atoms with Crippen molar-refractivity contribution in [3.63, 3.8) is 0 Å². The number of nitrogens with zero attached hydrogens (tertiary/aromatic N) is 1. The van der Waals surface area contributed by atoms with E-state index in [2.05, 4.69) is 12.2 Å². The molecule has 0 aromatic rings. The van der Waals surface area contributed by atoms with Gasteiger partial charge in [-0.15, -0.1) is 0 Å². The van der Waals surface area contributed by atoms with Gasteiger partial charge in [-0.2, -0.15) is 4.31 Å². The molecule has 12 heavy (non-hydrogen) atoms. The maximum absolute atomic E-state index is 11.1. The molecule has 1 atom stereocenters. The van der Waals surface area contributed by atoms with Crippen molar-refractivity contribution in [1.29, 1.82) is 0 Å². The quantitative estimate of drug-likeness (QED) is 0.649. The number of hydrogen-bond acceptors (Lipinski definition) is 3. The molecule has 1 saturated heterocycles. The SMILES string of the molecule is CC[C@H]1CN(S(C)(=O)=O)CCN1. The third-order valence-corrected chi connectivity index (χ3v) is 3.45. The van der Waals surface area contributed by atoms with Gasteiger partial charge in [0.1, 0.15) is 0 Å². The molecule has 1 fully saturated rings. The van der Waals surface area contributed by atoms with Gasteiger partial charge in [0, 0.05) is 25.7 Å². The summed E-state index contributed by atoms with van der Waals surface area (Å²) in [6, 6.07) is 0.327. The highest BCUT2D eigenvalue weighted by molar-refractivity contribution is 7.88. The standard InChI is InChI=1S/C7H16N2O2S/c1-3-7-6-9(5-4-8-7)12(2,10)11/h7-8H,3-6H2,1-2H3/t7-/m0/s1. The van der Waals surface area contributed by atoms with E-state index in [-0.39, 0.29) is 0 Å². The Kier molecular flexibility index (Phi) is 3.09. The fourth-order valence-corrected chi connectivity index (χ4v) is 2.24. The molecule has 0 unspecified atom stereocenters. The van der Waals surface area contributed by atoms with Gasteiger partial charge >= 0.3 is 0 Å².